The number of aryl methyl sites for hydroxylation is 1. The highest BCUT2D eigenvalue weighted by molar-refractivity contribution is 7.53. The first-order chi connectivity index (χ1) is 8.09. The largest absolute Gasteiger partial charge is 0.330 e. The van der Waals surface area contributed by atoms with Gasteiger partial charge in [-0.2, -0.15) is 0 Å². The zero-order chi connectivity index (χ0) is 12.7. The van der Waals surface area contributed by atoms with E-state index in [-0.39, 0.29) is 0 Å². The Bertz CT molecular complexity index is 368. The van der Waals surface area contributed by atoms with Crippen LogP contribution in [0, 0.1) is 0 Å². The van der Waals surface area contributed by atoms with Crippen LogP contribution in [0.5, 0.6) is 0 Å². The van der Waals surface area contributed by atoms with Crippen molar-refractivity contribution < 1.29 is 13.6 Å². The van der Waals surface area contributed by atoms with Gasteiger partial charge in [-0.15, -0.1) is 0 Å². The van der Waals surface area contributed by atoms with E-state index in [4.69, 9.17) is 20.6 Å². The molecule has 96 valence electrons. The molecule has 1 aromatic carbocycles. The van der Waals surface area contributed by atoms with E-state index in [1.807, 2.05) is 38.1 Å². The van der Waals surface area contributed by atoms with E-state index in [1.54, 1.807) is 0 Å². The highest BCUT2D eigenvalue weighted by Crippen LogP contribution is 2.48. The molecule has 1 aromatic rings. The summed E-state index contributed by atoms with van der Waals surface area (Å²) in [5.41, 5.74) is 1.08. The summed E-state index contributed by atoms with van der Waals surface area (Å²) >= 11 is 5.80. The van der Waals surface area contributed by atoms with Crippen LogP contribution >= 0.6 is 19.2 Å². The summed E-state index contributed by atoms with van der Waals surface area (Å²) in [6, 6.07) is 7.49. The van der Waals surface area contributed by atoms with Gasteiger partial charge in [0.1, 0.15) is 0 Å². The SMILES string of the molecule is CCOP(=O)(CCc1ccc(Cl)cc1)OCC. The van der Waals surface area contributed by atoms with E-state index in [9.17, 15) is 4.57 Å². The van der Waals surface area contributed by atoms with E-state index in [0.717, 1.165) is 5.56 Å². The molecule has 0 radical (unpaired) electrons. The lowest BCUT2D eigenvalue weighted by Gasteiger charge is -2.16. The summed E-state index contributed by atoms with van der Waals surface area (Å²) in [7, 11) is -2.93. The molecule has 0 spiro atoms. The van der Waals surface area contributed by atoms with Crippen LogP contribution < -0.4 is 0 Å². The lowest BCUT2D eigenvalue weighted by molar-refractivity contribution is 0.220. The fourth-order valence-electron chi connectivity index (χ4n) is 1.48. The van der Waals surface area contributed by atoms with Crippen LogP contribution in [0.25, 0.3) is 0 Å². The summed E-state index contributed by atoms with van der Waals surface area (Å²) in [4.78, 5) is 0. The third-order valence-corrected chi connectivity index (χ3v) is 4.57. The molecular formula is C12H18ClO3P. The van der Waals surface area contributed by atoms with Gasteiger partial charge in [-0.05, 0) is 38.0 Å². The van der Waals surface area contributed by atoms with Crippen molar-refractivity contribution in [2.45, 2.75) is 20.3 Å². The first-order valence-electron chi connectivity index (χ1n) is 5.72. The fraction of sp³-hybridized carbons (Fsp3) is 0.500. The minimum absolute atomic E-state index is 0.399. The predicted molar refractivity (Wildman–Crippen MR) is 70.9 cm³/mol. The summed E-state index contributed by atoms with van der Waals surface area (Å²) in [6.45, 7) is 4.43. The summed E-state index contributed by atoms with van der Waals surface area (Å²) in [6.07, 6.45) is 1.06. The Hall–Kier alpha value is -0.340. The Morgan fingerprint density at radius 2 is 1.65 bits per heavy atom. The Morgan fingerprint density at radius 3 is 2.12 bits per heavy atom. The Labute approximate surface area is 108 Å². The first-order valence-corrected chi connectivity index (χ1v) is 7.83. The molecule has 0 aliphatic heterocycles. The van der Waals surface area contributed by atoms with Crippen LogP contribution in [0.3, 0.4) is 0 Å². The maximum absolute atomic E-state index is 12.2. The zero-order valence-corrected chi connectivity index (χ0v) is 11.8. The summed E-state index contributed by atoms with van der Waals surface area (Å²) in [5.74, 6) is 0. The van der Waals surface area contributed by atoms with Gasteiger partial charge in [0.05, 0.1) is 19.4 Å². The van der Waals surface area contributed by atoms with Gasteiger partial charge in [0.15, 0.2) is 0 Å². The van der Waals surface area contributed by atoms with Gasteiger partial charge in [0.2, 0.25) is 0 Å². The molecule has 0 heterocycles. The molecule has 3 nitrogen and oxygen atoms in total. The van der Waals surface area contributed by atoms with Gasteiger partial charge in [-0.1, -0.05) is 23.7 Å². The first kappa shape index (κ1) is 14.7. The highest BCUT2D eigenvalue weighted by Gasteiger charge is 2.22. The molecule has 5 heteroatoms. The molecule has 0 saturated heterocycles. The molecule has 0 fully saturated rings. The van der Waals surface area contributed by atoms with E-state index in [2.05, 4.69) is 0 Å². The van der Waals surface area contributed by atoms with Crippen LogP contribution in [0.2, 0.25) is 5.02 Å². The van der Waals surface area contributed by atoms with Gasteiger partial charge in [-0.3, -0.25) is 4.57 Å². The molecule has 1 rings (SSSR count). The smallest absolute Gasteiger partial charge is 0.309 e. The van der Waals surface area contributed by atoms with E-state index in [1.165, 1.54) is 0 Å². The predicted octanol–water partition coefficient (Wildman–Crippen LogP) is 4.15. The number of hydrogen-bond donors (Lipinski definition) is 0. The van der Waals surface area contributed by atoms with Crippen LogP contribution in [-0.2, 0) is 20.0 Å². The number of halogens is 1. The molecule has 0 amide bonds. The van der Waals surface area contributed by atoms with Crippen molar-refractivity contribution in [1.29, 1.82) is 0 Å². The van der Waals surface area contributed by atoms with Crippen LogP contribution in [0.4, 0.5) is 0 Å². The molecule has 0 N–H and O–H groups in total. The van der Waals surface area contributed by atoms with Crippen molar-refractivity contribution in [3.8, 4) is 0 Å². The van der Waals surface area contributed by atoms with Gasteiger partial charge in [0.25, 0.3) is 0 Å². The fourth-order valence-corrected chi connectivity index (χ4v) is 3.25. The molecule has 0 aliphatic rings. The number of hydrogen-bond acceptors (Lipinski definition) is 3. The number of rotatable bonds is 7. The van der Waals surface area contributed by atoms with Crippen molar-refractivity contribution in [2.24, 2.45) is 0 Å². The van der Waals surface area contributed by atoms with Crippen molar-refractivity contribution in [2.75, 3.05) is 19.4 Å². The molecular weight excluding hydrogens is 259 g/mol. The number of benzene rings is 1. The molecule has 0 bridgehead atoms. The van der Waals surface area contributed by atoms with E-state index >= 15 is 0 Å². The quantitative estimate of drug-likeness (QED) is 0.702. The topological polar surface area (TPSA) is 35.5 Å². The minimum Gasteiger partial charge on any atom is -0.309 e. The van der Waals surface area contributed by atoms with Crippen molar-refractivity contribution in [3.05, 3.63) is 34.9 Å². The second-order valence-electron chi connectivity index (χ2n) is 3.55. The lowest BCUT2D eigenvalue weighted by atomic mass is 10.2. The standard InChI is InChI=1S/C12H18ClO3P/c1-3-15-17(14,16-4-2)10-9-11-5-7-12(13)8-6-11/h5-8H,3-4,9-10H2,1-2H3. The summed E-state index contributed by atoms with van der Waals surface area (Å²) < 4.78 is 22.6. The monoisotopic (exact) mass is 276 g/mol. The lowest BCUT2D eigenvalue weighted by Crippen LogP contribution is -2.02. The molecule has 0 saturated carbocycles. The minimum atomic E-state index is -2.93. The van der Waals surface area contributed by atoms with Crippen LogP contribution in [0.1, 0.15) is 19.4 Å². The maximum Gasteiger partial charge on any atom is 0.330 e. The second kappa shape index (κ2) is 7.17. The molecule has 0 aliphatic carbocycles. The Balaban J connectivity index is 2.57. The van der Waals surface area contributed by atoms with Gasteiger partial charge >= 0.3 is 7.60 Å². The molecule has 0 unspecified atom stereocenters. The summed E-state index contributed by atoms with van der Waals surface area (Å²) in [5, 5.41) is 0.701. The van der Waals surface area contributed by atoms with Crippen molar-refractivity contribution in [1.82, 2.24) is 0 Å². The van der Waals surface area contributed by atoms with E-state index < -0.39 is 7.60 Å². The van der Waals surface area contributed by atoms with Crippen molar-refractivity contribution >= 4 is 19.2 Å². The molecule has 0 atom stereocenters. The van der Waals surface area contributed by atoms with Gasteiger partial charge < -0.3 is 9.05 Å². The molecule has 0 aromatic heterocycles. The van der Waals surface area contributed by atoms with Crippen molar-refractivity contribution in [3.63, 3.8) is 0 Å². The normalized spacial score (nSPS) is 11.7. The Morgan fingerprint density at radius 1 is 1.12 bits per heavy atom. The average Bonchev–Trinajstić information content (AvgIpc) is 2.29. The third-order valence-electron chi connectivity index (χ3n) is 2.24. The van der Waals surface area contributed by atoms with E-state index in [0.29, 0.717) is 30.8 Å². The van der Waals surface area contributed by atoms with Gasteiger partial charge in [0, 0.05) is 5.02 Å². The zero-order valence-electron chi connectivity index (χ0n) is 10.2. The highest BCUT2D eigenvalue weighted by atomic mass is 35.5. The maximum atomic E-state index is 12.2. The second-order valence-corrected chi connectivity index (χ2v) is 6.17. The average molecular weight is 277 g/mol. The third kappa shape index (κ3) is 5.22. The van der Waals surface area contributed by atoms with Crippen LogP contribution in [-0.4, -0.2) is 19.4 Å². The Kier molecular flexibility index (Phi) is 6.21. The molecule has 17 heavy (non-hydrogen) atoms. The van der Waals surface area contributed by atoms with Gasteiger partial charge in [-0.25, -0.2) is 0 Å². The van der Waals surface area contributed by atoms with Crippen LogP contribution in [0.15, 0.2) is 24.3 Å².